The molecule has 1 rings (SSSR count). The third-order valence-corrected chi connectivity index (χ3v) is 3.10. The van der Waals surface area contributed by atoms with Crippen LogP contribution in [0.5, 0.6) is 5.75 Å². The molecule has 15 heavy (non-hydrogen) atoms. The fourth-order valence-corrected chi connectivity index (χ4v) is 2.12. The predicted molar refractivity (Wildman–Crippen MR) is 61.4 cm³/mol. The topological polar surface area (TPSA) is 57.5 Å². The molecule has 0 amide bonds. The van der Waals surface area contributed by atoms with Gasteiger partial charge in [0.15, 0.2) is 0 Å². The van der Waals surface area contributed by atoms with E-state index in [0.29, 0.717) is 6.42 Å². The van der Waals surface area contributed by atoms with Crippen LogP contribution in [0.25, 0.3) is 0 Å². The van der Waals surface area contributed by atoms with Gasteiger partial charge in [-0.25, -0.2) is 0 Å². The Bertz CT molecular complexity index is 321. The zero-order valence-corrected chi connectivity index (χ0v) is 9.33. The van der Waals surface area contributed by atoms with Crippen molar-refractivity contribution in [3.8, 4) is 5.75 Å². The van der Waals surface area contributed by atoms with E-state index in [-0.39, 0.29) is 5.75 Å². The van der Waals surface area contributed by atoms with Gasteiger partial charge in [-0.2, -0.15) is 0 Å². The molecule has 0 aliphatic carbocycles. The molecular weight excluding hydrogens is 212 g/mol. The first-order chi connectivity index (χ1) is 7.13. The number of thioether (sulfide) groups is 1. The highest BCUT2D eigenvalue weighted by molar-refractivity contribution is 8.00. The molecule has 1 aromatic rings. The number of carbonyl (C=O) groups is 1. The molecule has 0 heterocycles. The molecule has 82 valence electrons. The summed E-state index contributed by atoms with van der Waals surface area (Å²) in [6.45, 7) is 1.94. The van der Waals surface area contributed by atoms with Gasteiger partial charge in [0.25, 0.3) is 0 Å². The Kier molecular flexibility index (Phi) is 4.49. The van der Waals surface area contributed by atoms with Crippen LogP contribution in [0.3, 0.4) is 0 Å². The molecule has 0 fully saturated rings. The normalized spacial score (nSPS) is 12.3. The van der Waals surface area contributed by atoms with Crippen molar-refractivity contribution in [2.75, 3.05) is 5.75 Å². The second kappa shape index (κ2) is 5.66. The third kappa shape index (κ3) is 3.83. The first-order valence-electron chi connectivity index (χ1n) is 4.75. The lowest BCUT2D eigenvalue weighted by Gasteiger charge is -2.10. The van der Waals surface area contributed by atoms with E-state index in [4.69, 9.17) is 10.2 Å². The van der Waals surface area contributed by atoms with Crippen LogP contribution in [-0.4, -0.2) is 27.2 Å². The zero-order valence-electron chi connectivity index (χ0n) is 8.51. The quantitative estimate of drug-likeness (QED) is 0.807. The highest BCUT2D eigenvalue weighted by Crippen LogP contribution is 2.18. The van der Waals surface area contributed by atoms with Crippen LogP contribution in [0, 0.1) is 0 Å². The fraction of sp³-hybridized carbons (Fsp3) is 0.364. The van der Waals surface area contributed by atoms with E-state index in [2.05, 4.69) is 0 Å². The molecular formula is C11H14O3S. The molecule has 1 atom stereocenters. The van der Waals surface area contributed by atoms with Gasteiger partial charge in [0.05, 0.1) is 0 Å². The summed E-state index contributed by atoms with van der Waals surface area (Å²) in [7, 11) is 0. The number of hydrogen-bond donors (Lipinski definition) is 2. The minimum atomic E-state index is -0.782. The average Bonchev–Trinajstić information content (AvgIpc) is 2.20. The van der Waals surface area contributed by atoms with Crippen molar-refractivity contribution in [3.05, 3.63) is 29.8 Å². The predicted octanol–water partition coefficient (Wildman–Crippen LogP) is 2.14. The minimum absolute atomic E-state index is 0.203. The number of rotatable bonds is 5. The molecule has 3 nitrogen and oxygen atoms in total. The van der Waals surface area contributed by atoms with Gasteiger partial charge in [-0.15, -0.1) is 11.8 Å². The van der Waals surface area contributed by atoms with Crippen LogP contribution in [0.2, 0.25) is 0 Å². The molecule has 0 aliphatic heterocycles. The SMILES string of the molecule is CCSC(Cc1ccc(O)cc1)C(=O)O. The van der Waals surface area contributed by atoms with Crippen LogP contribution in [0.1, 0.15) is 12.5 Å². The minimum Gasteiger partial charge on any atom is -0.508 e. The van der Waals surface area contributed by atoms with Gasteiger partial charge >= 0.3 is 5.97 Å². The molecule has 0 saturated heterocycles. The number of phenols is 1. The van der Waals surface area contributed by atoms with E-state index in [1.54, 1.807) is 24.3 Å². The summed E-state index contributed by atoms with van der Waals surface area (Å²) in [5.41, 5.74) is 0.932. The maximum absolute atomic E-state index is 10.9. The van der Waals surface area contributed by atoms with Crippen molar-refractivity contribution >= 4 is 17.7 Å². The summed E-state index contributed by atoms with van der Waals surface area (Å²) in [5.74, 6) is 0.207. The number of phenolic OH excluding ortho intramolecular Hbond substituents is 1. The van der Waals surface area contributed by atoms with Crippen molar-refractivity contribution in [3.63, 3.8) is 0 Å². The molecule has 0 aliphatic rings. The van der Waals surface area contributed by atoms with Crippen molar-refractivity contribution in [1.29, 1.82) is 0 Å². The molecule has 4 heteroatoms. The fourth-order valence-electron chi connectivity index (χ4n) is 1.26. The van der Waals surface area contributed by atoms with Crippen LogP contribution >= 0.6 is 11.8 Å². The van der Waals surface area contributed by atoms with Crippen molar-refractivity contribution < 1.29 is 15.0 Å². The summed E-state index contributed by atoms with van der Waals surface area (Å²) < 4.78 is 0. The van der Waals surface area contributed by atoms with Gasteiger partial charge in [-0.1, -0.05) is 19.1 Å². The summed E-state index contributed by atoms with van der Waals surface area (Å²) in [6.07, 6.45) is 0.494. The van der Waals surface area contributed by atoms with Crippen LogP contribution < -0.4 is 0 Å². The number of carboxylic acid groups (broad SMARTS) is 1. The summed E-state index contributed by atoms with van der Waals surface area (Å²) in [6, 6.07) is 6.65. The highest BCUT2D eigenvalue weighted by Gasteiger charge is 2.17. The number of carboxylic acids is 1. The smallest absolute Gasteiger partial charge is 0.316 e. The summed E-state index contributed by atoms with van der Waals surface area (Å²) in [4.78, 5) is 10.9. The number of aliphatic carboxylic acids is 1. The Morgan fingerprint density at radius 1 is 1.40 bits per heavy atom. The van der Waals surface area contributed by atoms with E-state index in [9.17, 15) is 4.79 Å². The first-order valence-corrected chi connectivity index (χ1v) is 5.80. The second-order valence-electron chi connectivity index (χ2n) is 3.15. The Morgan fingerprint density at radius 3 is 2.47 bits per heavy atom. The lowest BCUT2D eigenvalue weighted by molar-refractivity contribution is -0.136. The van der Waals surface area contributed by atoms with Crippen LogP contribution in [0.4, 0.5) is 0 Å². The number of aromatic hydroxyl groups is 1. The molecule has 0 saturated carbocycles. The monoisotopic (exact) mass is 226 g/mol. The third-order valence-electron chi connectivity index (χ3n) is 2.00. The Balaban J connectivity index is 2.65. The van der Waals surface area contributed by atoms with Crippen LogP contribution in [-0.2, 0) is 11.2 Å². The Morgan fingerprint density at radius 2 is 2.00 bits per heavy atom. The van der Waals surface area contributed by atoms with E-state index in [1.165, 1.54) is 11.8 Å². The zero-order chi connectivity index (χ0) is 11.3. The lowest BCUT2D eigenvalue weighted by atomic mass is 10.1. The van der Waals surface area contributed by atoms with E-state index < -0.39 is 11.2 Å². The van der Waals surface area contributed by atoms with Crippen LogP contribution in [0.15, 0.2) is 24.3 Å². The van der Waals surface area contributed by atoms with Gasteiger partial charge in [0.2, 0.25) is 0 Å². The van der Waals surface area contributed by atoms with Crippen molar-refractivity contribution in [1.82, 2.24) is 0 Å². The molecule has 0 aromatic heterocycles. The van der Waals surface area contributed by atoms with Crippen molar-refractivity contribution in [2.45, 2.75) is 18.6 Å². The van der Waals surface area contributed by atoms with Crippen molar-refractivity contribution in [2.24, 2.45) is 0 Å². The van der Waals surface area contributed by atoms with Gasteiger partial charge in [-0.3, -0.25) is 4.79 Å². The Hall–Kier alpha value is -1.16. The highest BCUT2D eigenvalue weighted by atomic mass is 32.2. The van der Waals surface area contributed by atoms with Gasteiger partial charge in [0.1, 0.15) is 11.0 Å². The van der Waals surface area contributed by atoms with E-state index in [1.807, 2.05) is 6.92 Å². The number of hydrogen-bond acceptors (Lipinski definition) is 3. The largest absolute Gasteiger partial charge is 0.508 e. The lowest BCUT2D eigenvalue weighted by Crippen LogP contribution is -2.19. The average molecular weight is 226 g/mol. The Labute approximate surface area is 93.1 Å². The molecule has 1 aromatic carbocycles. The summed E-state index contributed by atoms with van der Waals surface area (Å²) >= 11 is 1.42. The molecule has 2 N–H and O–H groups in total. The van der Waals surface area contributed by atoms with Gasteiger partial charge < -0.3 is 10.2 Å². The molecule has 0 spiro atoms. The van der Waals surface area contributed by atoms with Gasteiger partial charge in [-0.05, 0) is 29.9 Å². The van der Waals surface area contributed by atoms with E-state index in [0.717, 1.165) is 11.3 Å². The molecule has 1 unspecified atom stereocenters. The molecule has 0 radical (unpaired) electrons. The van der Waals surface area contributed by atoms with Gasteiger partial charge in [0, 0.05) is 0 Å². The molecule has 0 bridgehead atoms. The maximum Gasteiger partial charge on any atom is 0.316 e. The number of benzene rings is 1. The summed E-state index contributed by atoms with van der Waals surface area (Å²) in [5, 5.41) is 17.6. The first kappa shape index (κ1) is 11.9. The maximum atomic E-state index is 10.9. The van der Waals surface area contributed by atoms with E-state index >= 15 is 0 Å². The standard InChI is InChI=1S/C11H14O3S/c1-2-15-10(11(13)14)7-8-3-5-9(12)6-4-8/h3-6,10,12H,2,7H2,1H3,(H,13,14). The second-order valence-corrected chi connectivity index (χ2v) is 4.63.